The molecule has 0 saturated heterocycles. The molecule has 11 heavy (non-hydrogen) atoms. The van der Waals surface area contributed by atoms with Crippen LogP contribution in [0.1, 0.15) is 0 Å². The van der Waals surface area contributed by atoms with Gasteiger partial charge in [-0.05, 0) is 0 Å². The van der Waals surface area contributed by atoms with Crippen LogP contribution < -0.4 is 5.11 Å². The van der Waals surface area contributed by atoms with E-state index in [0.29, 0.717) is 11.0 Å². The number of carbonyl (C=O) groups is 1. The minimum absolute atomic E-state index is 0. The highest BCUT2D eigenvalue weighted by Gasteiger charge is 2.08. The van der Waals surface area contributed by atoms with E-state index in [-0.39, 0.29) is 18.0 Å². The van der Waals surface area contributed by atoms with Crippen molar-refractivity contribution < 1.29 is 14.4 Å². The molecule has 0 aromatic heterocycles. The van der Waals surface area contributed by atoms with E-state index < -0.39 is 5.97 Å². The van der Waals surface area contributed by atoms with Gasteiger partial charge in [-0.25, -0.2) is 0 Å². The number of hydrogen-bond donors (Lipinski definition) is 0. The van der Waals surface area contributed by atoms with Crippen LogP contribution in [0.5, 0.6) is 0 Å². The van der Waals surface area contributed by atoms with Gasteiger partial charge in [0.05, 0.1) is 27.1 Å². The van der Waals surface area contributed by atoms with Crippen LogP contribution >= 0.6 is 12.4 Å². The molecule has 0 rings (SSSR count). The monoisotopic (exact) mass is 179 g/mol. The second-order valence-corrected chi connectivity index (χ2v) is 3.34. The van der Waals surface area contributed by atoms with Gasteiger partial charge in [-0.2, -0.15) is 0 Å². The summed E-state index contributed by atoms with van der Waals surface area (Å²) in [6.45, 7) is 3.78. The Labute approximate surface area is 73.3 Å². The molecule has 0 aliphatic rings. The topological polar surface area (TPSA) is 40.1 Å². The molecule has 0 amide bonds. The van der Waals surface area contributed by atoms with Crippen molar-refractivity contribution in [2.75, 3.05) is 27.7 Å². The first-order valence-corrected chi connectivity index (χ1v) is 3.02. The van der Waals surface area contributed by atoms with Gasteiger partial charge < -0.3 is 14.4 Å². The van der Waals surface area contributed by atoms with Gasteiger partial charge >= 0.3 is 0 Å². The van der Waals surface area contributed by atoms with Crippen LogP contribution in [0, 0.1) is 0 Å². The molecule has 0 aromatic rings. The number of carbonyl (C=O) groups excluding carboxylic acids is 1. The molecule has 0 saturated carbocycles. The molecule has 66 valence electrons. The van der Waals surface area contributed by atoms with Crippen molar-refractivity contribution in [3.05, 3.63) is 12.2 Å². The lowest BCUT2D eigenvalue weighted by Gasteiger charge is -2.25. The number of likely N-dealkylation sites (N-methyl/N-ethyl adjacent to an activating group) is 1. The number of carboxylic acids is 1. The highest BCUT2D eigenvalue weighted by Crippen LogP contribution is 1.96. The molecule has 3 nitrogen and oxygen atoms in total. The number of carboxylic acid groups (broad SMARTS) is 1. The summed E-state index contributed by atoms with van der Waals surface area (Å²) in [6, 6.07) is 0. The number of quaternary nitrogens is 1. The van der Waals surface area contributed by atoms with Crippen LogP contribution in [0.25, 0.3) is 0 Å². The lowest BCUT2D eigenvalue weighted by atomic mass is 10.3. The quantitative estimate of drug-likeness (QED) is 0.430. The highest BCUT2D eigenvalue weighted by atomic mass is 35.5. The van der Waals surface area contributed by atoms with Gasteiger partial charge in [0, 0.05) is 5.57 Å². The lowest BCUT2D eigenvalue weighted by molar-refractivity contribution is -0.865. The third-order valence-corrected chi connectivity index (χ3v) is 0.954. The predicted octanol–water partition coefficient (Wildman–Crippen LogP) is -0.580. The molecule has 0 N–H and O–H groups in total. The fraction of sp³-hybridized carbons (Fsp3) is 0.571. The summed E-state index contributed by atoms with van der Waals surface area (Å²) in [7, 11) is 5.69. The second kappa shape index (κ2) is 4.36. The van der Waals surface area contributed by atoms with E-state index in [1.807, 2.05) is 21.1 Å². The molecule has 0 heterocycles. The fourth-order valence-corrected chi connectivity index (χ4v) is 0.637. The summed E-state index contributed by atoms with van der Waals surface area (Å²) < 4.78 is 0.562. The molecule has 0 aliphatic heterocycles. The van der Waals surface area contributed by atoms with Gasteiger partial charge in [0.25, 0.3) is 0 Å². The molecule has 0 spiro atoms. The van der Waals surface area contributed by atoms with E-state index in [4.69, 9.17) is 0 Å². The average Bonchev–Trinajstić information content (AvgIpc) is 1.60. The van der Waals surface area contributed by atoms with Crippen LogP contribution in [-0.4, -0.2) is 38.1 Å². The van der Waals surface area contributed by atoms with Crippen molar-refractivity contribution in [2.24, 2.45) is 0 Å². The zero-order chi connectivity index (χ0) is 8.36. The highest BCUT2D eigenvalue weighted by molar-refractivity contribution is 5.85. The number of hydrogen-bond acceptors (Lipinski definition) is 2. The molecule has 0 unspecified atom stereocenters. The molecule has 0 atom stereocenters. The third kappa shape index (κ3) is 7.36. The van der Waals surface area contributed by atoms with E-state index in [9.17, 15) is 9.90 Å². The summed E-state index contributed by atoms with van der Waals surface area (Å²) in [6.07, 6.45) is 0. The summed E-state index contributed by atoms with van der Waals surface area (Å²) >= 11 is 0. The van der Waals surface area contributed by atoms with Crippen LogP contribution in [0.3, 0.4) is 0 Å². The largest absolute Gasteiger partial charge is 0.545 e. The van der Waals surface area contributed by atoms with Crippen molar-refractivity contribution in [1.82, 2.24) is 0 Å². The summed E-state index contributed by atoms with van der Waals surface area (Å²) in [5.41, 5.74) is 0.146. The van der Waals surface area contributed by atoms with Gasteiger partial charge in [-0.1, -0.05) is 6.58 Å². The Hall–Kier alpha value is -0.540. The Morgan fingerprint density at radius 1 is 1.45 bits per heavy atom. The number of halogens is 1. The van der Waals surface area contributed by atoms with Crippen LogP contribution in [0.15, 0.2) is 12.2 Å². The van der Waals surface area contributed by atoms with Crippen molar-refractivity contribution in [3.8, 4) is 0 Å². The van der Waals surface area contributed by atoms with Crippen LogP contribution in [0.4, 0.5) is 0 Å². The first-order valence-electron chi connectivity index (χ1n) is 3.02. The molecular weight excluding hydrogens is 166 g/mol. The second-order valence-electron chi connectivity index (χ2n) is 3.34. The van der Waals surface area contributed by atoms with E-state index in [1.54, 1.807) is 0 Å². The maximum atomic E-state index is 10.2. The smallest absolute Gasteiger partial charge is 0.105 e. The average molecular weight is 180 g/mol. The van der Waals surface area contributed by atoms with Crippen molar-refractivity contribution in [2.45, 2.75) is 0 Å². The van der Waals surface area contributed by atoms with Gasteiger partial charge in [0.2, 0.25) is 0 Å². The van der Waals surface area contributed by atoms with E-state index >= 15 is 0 Å². The van der Waals surface area contributed by atoms with Crippen molar-refractivity contribution in [1.29, 1.82) is 0 Å². The molecule has 0 bridgehead atoms. The van der Waals surface area contributed by atoms with Crippen LogP contribution in [0.2, 0.25) is 0 Å². The number of nitrogens with zero attached hydrogens (tertiary/aromatic N) is 1. The molecule has 0 aliphatic carbocycles. The summed E-state index contributed by atoms with van der Waals surface area (Å²) in [4.78, 5) is 10.2. The summed E-state index contributed by atoms with van der Waals surface area (Å²) in [5, 5.41) is 10.2. The molecule has 0 radical (unpaired) electrons. The van der Waals surface area contributed by atoms with Gasteiger partial charge in [-0.3, -0.25) is 0 Å². The van der Waals surface area contributed by atoms with E-state index in [2.05, 4.69) is 6.58 Å². The maximum absolute atomic E-state index is 10.2. The van der Waals surface area contributed by atoms with Gasteiger partial charge in [0.1, 0.15) is 6.54 Å². The Kier molecular flexibility index (Phi) is 5.19. The molecule has 4 heteroatoms. The maximum Gasteiger partial charge on any atom is 0.105 e. The Bertz CT molecular complexity index is 160. The van der Waals surface area contributed by atoms with Gasteiger partial charge in [0.15, 0.2) is 0 Å². The number of aliphatic carboxylic acids is 1. The zero-order valence-electron chi connectivity index (χ0n) is 7.09. The van der Waals surface area contributed by atoms with Crippen molar-refractivity contribution in [3.63, 3.8) is 0 Å². The van der Waals surface area contributed by atoms with Crippen molar-refractivity contribution >= 4 is 18.4 Å². The Morgan fingerprint density at radius 2 is 1.82 bits per heavy atom. The van der Waals surface area contributed by atoms with Crippen LogP contribution in [-0.2, 0) is 4.79 Å². The lowest BCUT2D eigenvalue weighted by Crippen LogP contribution is -2.40. The van der Waals surface area contributed by atoms with E-state index in [1.165, 1.54) is 0 Å². The predicted molar refractivity (Wildman–Crippen MR) is 44.3 cm³/mol. The third-order valence-electron chi connectivity index (χ3n) is 0.954. The summed E-state index contributed by atoms with van der Waals surface area (Å²) in [5.74, 6) is -1.16. The first-order chi connectivity index (χ1) is 4.33. The zero-order valence-corrected chi connectivity index (χ0v) is 7.90. The Morgan fingerprint density at radius 3 is 1.91 bits per heavy atom. The van der Waals surface area contributed by atoms with Gasteiger partial charge in [-0.15, -0.1) is 12.4 Å². The fourth-order valence-electron chi connectivity index (χ4n) is 0.637. The first kappa shape index (κ1) is 13.1. The normalized spacial score (nSPS) is 10.1. The minimum atomic E-state index is -1.16. The SMILES string of the molecule is C=C(C[N+](C)(C)C)C(=O)[O-].Cl. The molecule has 0 aromatic carbocycles. The standard InChI is InChI=1S/C7H13NO2.ClH/c1-6(7(9)10)5-8(2,3)4;/h1,5H2,2-4H3;1H. The minimum Gasteiger partial charge on any atom is -0.545 e. The van der Waals surface area contributed by atoms with E-state index in [0.717, 1.165) is 0 Å². The Balaban J connectivity index is 0. The molecule has 0 fully saturated rings. The molecular formula is C7H14ClNO2. The number of rotatable bonds is 3.